The summed E-state index contributed by atoms with van der Waals surface area (Å²) in [6.07, 6.45) is -4.46. The number of nitrogens with one attached hydrogen (secondary N) is 1. The Balaban J connectivity index is 1.36. The molecule has 1 aliphatic heterocycles. The first kappa shape index (κ1) is 23.8. The summed E-state index contributed by atoms with van der Waals surface area (Å²) >= 11 is 0. The first-order valence-corrected chi connectivity index (χ1v) is 11.0. The molecular weight excluding hydrogens is 481 g/mol. The van der Waals surface area contributed by atoms with Crippen molar-refractivity contribution in [3.63, 3.8) is 0 Å². The number of aliphatic hydroxyl groups is 1. The first-order chi connectivity index (χ1) is 17.0. The Bertz CT molecular complexity index is 1550. The topological polar surface area (TPSA) is 112 Å². The van der Waals surface area contributed by atoms with E-state index in [1.165, 1.54) is 36.0 Å². The van der Waals surface area contributed by atoms with E-state index in [0.717, 1.165) is 4.68 Å². The summed E-state index contributed by atoms with van der Waals surface area (Å²) in [7, 11) is 1.50. The predicted molar refractivity (Wildman–Crippen MR) is 121 cm³/mol. The Morgan fingerprint density at radius 3 is 2.75 bits per heavy atom. The van der Waals surface area contributed by atoms with Crippen LogP contribution in [-0.4, -0.2) is 32.0 Å². The Morgan fingerprint density at radius 1 is 1.22 bits per heavy atom. The maximum absolute atomic E-state index is 13.7. The van der Waals surface area contributed by atoms with Crippen LogP contribution in [0.25, 0.3) is 16.8 Å². The molecule has 188 valence electrons. The van der Waals surface area contributed by atoms with Crippen LogP contribution < -0.4 is 11.1 Å². The monoisotopic (exact) mass is 502 g/mol. The van der Waals surface area contributed by atoms with Gasteiger partial charge in [-0.3, -0.25) is 4.57 Å². The summed E-state index contributed by atoms with van der Waals surface area (Å²) in [5.41, 5.74) is 2.29. The molecule has 0 radical (unpaired) electrons. The van der Waals surface area contributed by atoms with Gasteiger partial charge in [-0.25, -0.2) is 14.3 Å². The fourth-order valence-corrected chi connectivity index (χ4v) is 4.35. The molecule has 12 heteroatoms. The van der Waals surface area contributed by atoms with Gasteiger partial charge in [-0.15, -0.1) is 0 Å². The van der Waals surface area contributed by atoms with Gasteiger partial charge < -0.3 is 19.6 Å². The van der Waals surface area contributed by atoms with Crippen molar-refractivity contribution < 1.29 is 32.2 Å². The highest BCUT2D eigenvalue weighted by Gasteiger charge is 2.37. The number of benzene rings is 2. The molecule has 36 heavy (non-hydrogen) atoms. The zero-order chi connectivity index (χ0) is 25.8. The number of aliphatic hydroxyl groups excluding tert-OH is 1. The van der Waals surface area contributed by atoms with Crippen molar-refractivity contribution in [1.29, 1.82) is 0 Å². The van der Waals surface area contributed by atoms with Crippen LogP contribution in [0.4, 0.5) is 13.2 Å². The Hall–Kier alpha value is -3.90. The third-order valence-electron chi connectivity index (χ3n) is 6.32. The van der Waals surface area contributed by atoms with Crippen LogP contribution in [0.15, 0.2) is 45.7 Å². The number of esters is 1. The van der Waals surface area contributed by atoms with Gasteiger partial charge in [0.1, 0.15) is 6.61 Å². The molecule has 2 aromatic heterocycles. The van der Waals surface area contributed by atoms with Crippen LogP contribution in [0.5, 0.6) is 0 Å². The minimum atomic E-state index is -4.70. The number of alkyl halides is 3. The van der Waals surface area contributed by atoms with E-state index >= 15 is 0 Å². The maximum atomic E-state index is 13.7. The smallest absolute Gasteiger partial charge is 0.435 e. The molecule has 1 aliphatic rings. The zero-order valence-electron chi connectivity index (χ0n) is 19.2. The molecule has 2 N–H and O–H groups in total. The van der Waals surface area contributed by atoms with E-state index in [0.29, 0.717) is 39.0 Å². The molecule has 5 rings (SSSR count). The lowest BCUT2D eigenvalue weighted by Crippen LogP contribution is -2.23. The van der Waals surface area contributed by atoms with Crippen LogP contribution in [-0.2, 0) is 31.1 Å². The summed E-state index contributed by atoms with van der Waals surface area (Å²) in [6.45, 7) is 1.66. The van der Waals surface area contributed by atoms with Gasteiger partial charge in [0, 0.05) is 37.5 Å². The molecule has 0 amide bonds. The summed E-state index contributed by atoms with van der Waals surface area (Å²) in [4.78, 5) is 23.4. The van der Waals surface area contributed by atoms with Crippen LogP contribution in [0.3, 0.4) is 0 Å². The highest BCUT2D eigenvalue weighted by molar-refractivity contribution is 5.94. The molecule has 0 saturated carbocycles. The number of carbonyl (C=O) groups excluding carboxylic acids is 1. The number of cyclic esters (lactones) is 1. The highest BCUT2D eigenvalue weighted by atomic mass is 19.4. The number of nitrogens with zero attached hydrogens (tertiary/aromatic N) is 3. The lowest BCUT2D eigenvalue weighted by atomic mass is 9.95. The first-order valence-electron chi connectivity index (χ1n) is 11.0. The zero-order valence-corrected chi connectivity index (χ0v) is 19.2. The van der Waals surface area contributed by atoms with Gasteiger partial charge in [0.15, 0.2) is 11.3 Å². The van der Waals surface area contributed by atoms with Gasteiger partial charge in [-0.1, -0.05) is 6.07 Å². The molecule has 0 spiro atoms. The fourth-order valence-electron chi connectivity index (χ4n) is 4.35. The molecule has 0 saturated heterocycles. The number of aromatic nitrogens is 3. The minimum absolute atomic E-state index is 0.0278. The van der Waals surface area contributed by atoms with Crippen molar-refractivity contribution in [2.45, 2.75) is 32.4 Å². The number of aryl methyl sites for hydroxylation is 1. The third kappa shape index (κ3) is 4.07. The molecule has 0 fully saturated rings. The van der Waals surface area contributed by atoms with E-state index in [1.807, 2.05) is 0 Å². The van der Waals surface area contributed by atoms with Gasteiger partial charge in [-0.2, -0.15) is 18.3 Å². The highest BCUT2D eigenvalue weighted by Crippen LogP contribution is 2.32. The number of fused-ring (bicyclic) bond motifs is 2. The number of halogens is 3. The van der Waals surface area contributed by atoms with Crippen LogP contribution in [0, 0.1) is 6.92 Å². The second kappa shape index (κ2) is 8.64. The molecular formula is C24H21F3N4O5. The summed E-state index contributed by atoms with van der Waals surface area (Å²) in [6, 6.07) is 7.71. The second-order valence-corrected chi connectivity index (χ2v) is 8.55. The summed E-state index contributed by atoms with van der Waals surface area (Å²) in [5.74, 6) is -1.00. The number of ether oxygens (including phenoxy) is 1. The third-order valence-corrected chi connectivity index (χ3v) is 6.32. The van der Waals surface area contributed by atoms with Gasteiger partial charge in [0.2, 0.25) is 0 Å². The van der Waals surface area contributed by atoms with Crippen molar-refractivity contribution in [1.82, 2.24) is 19.7 Å². The number of carbonyl (C=O) groups is 1. The minimum Gasteiger partial charge on any atom is -0.457 e. The van der Waals surface area contributed by atoms with Crippen molar-refractivity contribution in [3.05, 3.63) is 80.6 Å². The lowest BCUT2D eigenvalue weighted by Gasteiger charge is -2.16. The quantitative estimate of drug-likeness (QED) is 0.390. The summed E-state index contributed by atoms with van der Waals surface area (Å²) in [5, 5.41) is 17.2. The van der Waals surface area contributed by atoms with Gasteiger partial charge in [0.25, 0.3) is 0 Å². The van der Waals surface area contributed by atoms with Gasteiger partial charge in [0.05, 0.1) is 22.9 Å². The molecule has 3 heterocycles. The van der Waals surface area contributed by atoms with Crippen molar-refractivity contribution >= 4 is 17.1 Å². The second-order valence-electron chi connectivity index (χ2n) is 8.55. The number of rotatable bonds is 6. The molecule has 0 aliphatic carbocycles. The molecule has 2 aromatic carbocycles. The average Bonchev–Trinajstić information content (AvgIpc) is 3.50. The van der Waals surface area contributed by atoms with E-state index in [-0.39, 0.29) is 25.3 Å². The Morgan fingerprint density at radius 2 is 2.00 bits per heavy atom. The van der Waals surface area contributed by atoms with Crippen LogP contribution >= 0.6 is 0 Å². The Labute approximate surface area is 201 Å². The largest absolute Gasteiger partial charge is 0.457 e. The molecule has 4 aromatic rings. The number of oxazole rings is 1. The number of hydrogen-bond donors (Lipinski definition) is 2. The molecule has 1 atom stereocenters. The van der Waals surface area contributed by atoms with Crippen LogP contribution in [0.1, 0.15) is 44.4 Å². The maximum Gasteiger partial charge on any atom is 0.435 e. The van der Waals surface area contributed by atoms with Gasteiger partial charge in [-0.05, 0) is 42.3 Å². The van der Waals surface area contributed by atoms with E-state index in [2.05, 4.69) is 10.4 Å². The van der Waals surface area contributed by atoms with Crippen molar-refractivity contribution in [3.8, 4) is 5.69 Å². The van der Waals surface area contributed by atoms with E-state index in [1.54, 1.807) is 19.1 Å². The normalized spacial score (nSPS) is 14.3. The fraction of sp³-hybridized carbons (Fsp3) is 0.292. The van der Waals surface area contributed by atoms with E-state index < -0.39 is 29.7 Å². The molecule has 0 bridgehead atoms. The van der Waals surface area contributed by atoms with E-state index in [9.17, 15) is 27.9 Å². The van der Waals surface area contributed by atoms with Crippen molar-refractivity contribution in [2.24, 2.45) is 7.05 Å². The SMILES string of the molecule is Cc1c(C(O)CNCc2cn(-c3ccc4oc(=O)n(C)c4c3)nc2C(F)(F)F)ccc2c1COC2=O. The van der Waals surface area contributed by atoms with Crippen LogP contribution in [0.2, 0.25) is 0 Å². The lowest BCUT2D eigenvalue weighted by molar-refractivity contribution is -0.142. The summed E-state index contributed by atoms with van der Waals surface area (Å²) < 4.78 is 53.5. The van der Waals surface area contributed by atoms with Gasteiger partial charge >= 0.3 is 17.9 Å². The van der Waals surface area contributed by atoms with E-state index in [4.69, 9.17) is 9.15 Å². The number of hydrogen-bond acceptors (Lipinski definition) is 7. The average molecular weight is 502 g/mol. The van der Waals surface area contributed by atoms with Crippen molar-refractivity contribution in [2.75, 3.05) is 6.54 Å². The molecule has 1 unspecified atom stereocenters. The predicted octanol–water partition coefficient (Wildman–Crippen LogP) is 3.14. The Kier molecular flexibility index (Phi) is 5.72. The molecule has 9 nitrogen and oxygen atoms in total. The standard InChI is InChI=1S/C24H21F3N4O5/c1-12-15(4-5-16-17(12)11-35-22(16)33)19(32)9-28-8-13-10-31(29-21(13)24(25,26)27)14-3-6-20-18(7-14)30(2)23(34)36-20/h3-7,10,19,28,32H,8-9,11H2,1-2H3.